The van der Waals surface area contributed by atoms with Gasteiger partial charge in [0.1, 0.15) is 4.60 Å². The number of aromatic nitrogens is 2. The molecular weight excluding hydrogens is 292 g/mol. The molecule has 0 radical (unpaired) electrons. The maximum Gasteiger partial charge on any atom is 0.170 e. The van der Waals surface area contributed by atoms with Crippen LogP contribution in [0.5, 0.6) is 0 Å². The molecule has 0 fully saturated rings. The number of anilines is 2. The van der Waals surface area contributed by atoms with E-state index in [2.05, 4.69) is 50.3 Å². The van der Waals surface area contributed by atoms with E-state index in [0.29, 0.717) is 16.2 Å². The first-order chi connectivity index (χ1) is 8.58. The first-order valence-electron chi connectivity index (χ1n) is 5.69. The number of nitrogen functional groups attached to an aromatic ring is 1. The summed E-state index contributed by atoms with van der Waals surface area (Å²) >= 11 is 3.36. The lowest BCUT2D eigenvalue weighted by molar-refractivity contribution is 0.869. The Hall–Kier alpha value is -1.62. The standard InChI is InChI=1S/C13H15BrN4/c1-8(10-6-4-3-5-7-10)17-13-12(15)16-9(2)11(14)18-13/h3-8H,1-2H3,(H2,15,16)(H,17,18)/t8-/m0/s1. The minimum absolute atomic E-state index is 0.123. The minimum Gasteiger partial charge on any atom is -0.381 e. The monoisotopic (exact) mass is 306 g/mol. The Kier molecular flexibility index (Phi) is 3.81. The molecule has 2 aromatic rings. The second kappa shape index (κ2) is 5.35. The van der Waals surface area contributed by atoms with Crippen LogP contribution in [-0.4, -0.2) is 9.97 Å². The Morgan fingerprint density at radius 1 is 1.22 bits per heavy atom. The van der Waals surface area contributed by atoms with Crippen LogP contribution in [0.25, 0.3) is 0 Å². The molecular formula is C13H15BrN4. The lowest BCUT2D eigenvalue weighted by atomic mass is 10.1. The van der Waals surface area contributed by atoms with Crippen molar-refractivity contribution >= 4 is 27.6 Å². The summed E-state index contributed by atoms with van der Waals surface area (Å²) in [5.74, 6) is 1.02. The highest BCUT2D eigenvalue weighted by Gasteiger charge is 2.11. The van der Waals surface area contributed by atoms with Crippen LogP contribution >= 0.6 is 15.9 Å². The molecule has 0 saturated carbocycles. The molecule has 18 heavy (non-hydrogen) atoms. The van der Waals surface area contributed by atoms with Gasteiger partial charge in [0.2, 0.25) is 0 Å². The SMILES string of the molecule is Cc1nc(N)c(N[C@@H](C)c2ccccc2)nc1Br. The Balaban J connectivity index is 2.22. The maximum atomic E-state index is 5.86. The molecule has 3 N–H and O–H groups in total. The van der Waals surface area contributed by atoms with Crippen molar-refractivity contribution in [2.75, 3.05) is 11.1 Å². The summed E-state index contributed by atoms with van der Waals surface area (Å²) in [6.07, 6.45) is 0. The van der Waals surface area contributed by atoms with E-state index in [-0.39, 0.29) is 6.04 Å². The molecule has 0 saturated heterocycles. The van der Waals surface area contributed by atoms with Crippen molar-refractivity contribution in [1.82, 2.24) is 9.97 Å². The fraction of sp³-hybridized carbons (Fsp3) is 0.231. The van der Waals surface area contributed by atoms with E-state index in [4.69, 9.17) is 5.73 Å². The Bertz CT molecular complexity index is 542. The highest BCUT2D eigenvalue weighted by atomic mass is 79.9. The van der Waals surface area contributed by atoms with Crippen LogP contribution in [0, 0.1) is 6.92 Å². The Labute approximate surface area is 115 Å². The van der Waals surface area contributed by atoms with Crippen LogP contribution in [0.4, 0.5) is 11.6 Å². The number of nitrogens with zero attached hydrogens (tertiary/aromatic N) is 2. The van der Waals surface area contributed by atoms with Gasteiger partial charge >= 0.3 is 0 Å². The Morgan fingerprint density at radius 3 is 2.56 bits per heavy atom. The molecule has 0 aliphatic rings. The second-order valence-corrected chi connectivity index (χ2v) is 4.86. The summed E-state index contributed by atoms with van der Waals surface area (Å²) in [5.41, 5.74) is 7.82. The van der Waals surface area contributed by atoms with Crippen LogP contribution in [-0.2, 0) is 0 Å². The van der Waals surface area contributed by atoms with Crippen molar-refractivity contribution in [3.63, 3.8) is 0 Å². The van der Waals surface area contributed by atoms with Gasteiger partial charge in [0.05, 0.1) is 11.7 Å². The number of hydrogen-bond donors (Lipinski definition) is 2. The third-order valence-electron chi connectivity index (χ3n) is 2.69. The third kappa shape index (κ3) is 2.79. The quantitative estimate of drug-likeness (QED) is 0.913. The fourth-order valence-electron chi connectivity index (χ4n) is 1.65. The molecule has 94 valence electrons. The molecule has 0 aliphatic carbocycles. The van der Waals surface area contributed by atoms with E-state index in [1.165, 1.54) is 5.56 Å². The molecule has 0 unspecified atom stereocenters. The van der Waals surface area contributed by atoms with E-state index in [1.54, 1.807) is 0 Å². The summed E-state index contributed by atoms with van der Waals surface area (Å²) < 4.78 is 0.708. The first-order valence-corrected chi connectivity index (χ1v) is 6.48. The molecule has 1 aromatic carbocycles. The molecule has 1 aromatic heterocycles. The van der Waals surface area contributed by atoms with E-state index in [1.807, 2.05) is 25.1 Å². The first kappa shape index (κ1) is 12.8. The fourth-order valence-corrected chi connectivity index (χ4v) is 1.92. The predicted molar refractivity (Wildman–Crippen MR) is 77.4 cm³/mol. The molecule has 1 atom stereocenters. The highest BCUT2D eigenvalue weighted by Crippen LogP contribution is 2.24. The van der Waals surface area contributed by atoms with Crippen molar-refractivity contribution in [2.24, 2.45) is 0 Å². The average Bonchev–Trinajstić information content (AvgIpc) is 2.37. The predicted octanol–water partition coefficient (Wildman–Crippen LogP) is 3.30. The van der Waals surface area contributed by atoms with Gasteiger partial charge in [0.15, 0.2) is 11.6 Å². The van der Waals surface area contributed by atoms with Crippen molar-refractivity contribution in [3.05, 3.63) is 46.2 Å². The van der Waals surface area contributed by atoms with Crippen molar-refractivity contribution in [2.45, 2.75) is 19.9 Å². The Morgan fingerprint density at radius 2 is 1.89 bits per heavy atom. The van der Waals surface area contributed by atoms with Crippen molar-refractivity contribution < 1.29 is 0 Å². The minimum atomic E-state index is 0.123. The summed E-state index contributed by atoms with van der Waals surface area (Å²) in [6.45, 7) is 3.92. The van der Waals surface area contributed by atoms with Crippen molar-refractivity contribution in [3.8, 4) is 0 Å². The van der Waals surface area contributed by atoms with Gasteiger partial charge in [-0.1, -0.05) is 30.3 Å². The number of hydrogen-bond acceptors (Lipinski definition) is 4. The van der Waals surface area contributed by atoms with E-state index < -0.39 is 0 Å². The summed E-state index contributed by atoms with van der Waals surface area (Å²) in [4.78, 5) is 8.58. The zero-order chi connectivity index (χ0) is 13.1. The number of benzene rings is 1. The van der Waals surface area contributed by atoms with Gasteiger partial charge < -0.3 is 11.1 Å². The summed E-state index contributed by atoms with van der Waals surface area (Å²) in [5, 5.41) is 3.27. The second-order valence-electron chi connectivity index (χ2n) is 4.11. The molecule has 1 heterocycles. The summed E-state index contributed by atoms with van der Waals surface area (Å²) in [6, 6.07) is 10.3. The number of halogens is 1. The number of nitrogens with one attached hydrogen (secondary N) is 1. The average molecular weight is 307 g/mol. The van der Waals surface area contributed by atoms with Crippen LogP contribution in [0.3, 0.4) is 0 Å². The molecule has 0 spiro atoms. The van der Waals surface area contributed by atoms with Crippen LogP contribution in [0.1, 0.15) is 24.2 Å². The number of aryl methyl sites for hydroxylation is 1. The number of rotatable bonds is 3. The molecule has 0 aliphatic heterocycles. The van der Waals surface area contributed by atoms with Gasteiger partial charge in [-0.2, -0.15) is 0 Å². The van der Waals surface area contributed by atoms with Gasteiger partial charge in [0, 0.05) is 0 Å². The van der Waals surface area contributed by atoms with E-state index in [9.17, 15) is 0 Å². The number of nitrogens with two attached hydrogens (primary N) is 1. The highest BCUT2D eigenvalue weighted by molar-refractivity contribution is 9.10. The third-order valence-corrected chi connectivity index (χ3v) is 3.44. The van der Waals surface area contributed by atoms with Gasteiger partial charge in [0.25, 0.3) is 0 Å². The lowest BCUT2D eigenvalue weighted by Gasteiger charge is -2.16. The molecule has 0 amide bonds. The van der Waals surface area contributed by atoms with Crippen LogP contribution < -0.4 is 11.1 Å². The lowest BCUT2D eigenvalue weighted by Crippen LogP contribution is -2.11. The van der Waals surface area contributed by atoms with Crippen molar-refractivity contribution in [1.29, 1.82) is 0 Å². The molecule has 5 heteroatoms. The van der Waals surface area contributed by atoms with E-state index >= 15 is 0 Å². The maximum absolute atomic E-state index is 5.86. The molecule has 0 bridgehead atoms. The van der Waals surface area contributed by atoms with E-state index in [0.717, 1.165) is 5.69 Å². The van der Waals surface area contributed by atoms with Crippen LogP contribution in [0.15, 0.2) is 34.9 Å². The van der Waals surface area contributed by atoms with Gasteiger partial charge in [-0.25, -0.2) is 9.97 Å². The largest absolute Gasteiger partial charge is 0.381 e. The molecule has 2 rings (SSSR count). The van der Waals surface area contributed by atoms with Gasteiger partial charge in [-0.05, 0) is 35.3 Å². The van der Waals surface area contributed by atoms with Gasteiger partial charge in [-0.15, -0.1) is 0 Å². The van der Waals surface area contributed by atoms with Gasteiger partial charge in [-0.3, -0.25) is 0 Å². The zero-order valence-electron chi connectivity index (χ0n) is 10.3. The smallest absolute Gasteiger partial charge is 0.170 e. The summed E-state index contributed by atoms with van der Waals surface area (Å²) in [7, 11) is 0. The normalized spacial score (nSPS) is 12.2. The molecule has 4 nitrogen and oxygen atoms in total. The topological polar surface area (TPSA) is 63.8 Å². The zero-order valence-corrected chi connectivity index (χ0v) is 11.9. The van der Waals surface area contributed by atoms with Crippen LogP contribution in [0.2, 0.25) is 0 Å².